The van der Waals surface area contributed by atoms with Crippen LogP contribution in [0.15, 0.2) is 58.1 Å². The van der Waals surface area contributed by atoms with Gasteiger partial charge in [-0.1, -0.05) is 24.3 Å². The van der Waals surface area contributed by atoms with Crippen molar-refractivity contribution in [1.29, 1.82) is 0 Å². The van der Waals surface area contributed by atoms with Crippen LogP contribution in [0.3, 0.4) is 0 Å². The minimum Gasteiger partial charge on any atom is -0.495 e. The third-order valence-electron chi connectivity index (χ3n) is 3.69. The standard InChI is InChI=1S/C17H15N3O4/c1-24-14-9-5-4-8-13(14)20-16(22)11-6-2-3-7-12(11)19(17(20)23)10-15(18)21/h2-9H,10H2,1H3,(H2,18,21). The van der Waals surface area contributed by atoms with Crippen LogP contribution >= 0.6 is 0 Å². The average Bonchev–Trinajstić information content (AvgIpc) is 2.59. The summed E-state index contributed by atoms with van der Waals surface area (Å²) < 4.78 is 7.42. The zero-order valence-electron chi connectivity index (χ0n) is 12.9. The number of methoxy groups -OCH3 is 1. The number of amides is 1. The summed E-state index contributed by atoms with van der Waals surface area (Å²) in [4.78, 5) is 37.1. The van der Waals surface area contributed by atoms with Crippen LogP contribution in [-0.2, 0) is 11.3 Å². The highest BCUT2D eigenvalue weighted by Crippen LogP contribution is 2.20. The molecular weight excluding hydrogens is 310 g/mol. The maximum absolute atomic E-state index is 12.9. The maximum Gasteiger partial charge on any atom is 0.336 e. The molecule has 7 nitrogen and oxygen atoms in total. The summed E-state index contributed by atoms with van der Waals surface area (Å²) >= 11 is 0. The second-order valence-corrected chi connectivity index (χ2v) is 5.16. The number of aromatic nitrogens is 2. The highest BCUT2D eigenvalue weighted by Gasteiger charge is 2.17. The summed E-state index contributed by atoms with van der Waals surface area (Å²) in [5, 5.41) is 0.309. The Balaban J connectivity index is 2.47. The summed E-state index contributed by atoms with van der Waals surface area (Å²) in [6.45, 7) is -0.325. The molecule has 0 saturated carbocycles. The summed E-state index contributed by atoms with van der Waals surface area (Å²) in [6.07, 6.45) is 0. The average molecular weight is 325 g/mol. The van der Waals surface area contributed by atoms with E-state index in [9.17, 15) is 14.4 Å². The van der Waals surface area contributed by atoms with Gasteiger partial charge in [0.05, 0.1) is 23.7 Å². The van der Waals surface area contributed by atoms with Crippen LogP contribution in [0, 0.1) is 0 Å². The first-order valence-corrected chi connectivity index (χ1v) is 7.21. The number of hydrogen-bond donors (Lipinski definition) is 1. The van der Waals surface area contributed by atoms with E-state index in [1.54, 1.807) is 48.5 Å². The minimum atomic E-state index is -0.674. The first-order chi connectivity index (χ1) is 11.5. The summed E-state index contributed by atoms with van der Waals surface area (Å²) in [7, 11) is 1.45. The molecule has 1 aromatic heterocycles. The van der Waals surface area contributed by atoms with Gasteiger partial charge in [-0.2, -0.15) is 0 Å². The molecule has 0 spiro atoms. The van der Waals surface area contributed by atoms with Gasteiger partial charge in [0.1, 0.15) is 12.3 Å². The molecule has 3 aromatic rings. The van der Waals surface area contributed by atoms with Gasteiger partial charge in [0.25, 0.3) is 5.56 Å². The van der Waals surface area contributed by atoms with Gasteiger partial charge in [0.15, 0.2) is 0 Å². The molecule has 3 rings (SSSR count). The first-order valence-electron chi connectivity index (χ1n) is 7.21. The Morgan fingerprint density at radius 1 is 1.08 bits per heavy atom. The molecule has 0 atom stereocenters. The van der Waals surface area contributed by atoms with Crippen LogP contribution in [0.2, 0.25) is 0 Å². The van der Waals surface area contributed by atoms with E-state index in [-0.39, 0.29) is 6.54 Å². The highest BCUT2D eigenvalue weighted by molar-refractivity contribution is 5.81. The molecule has 24 heavy (non-hydrogen) atoms. The SMILES string of the molecule is COc1ccccc1-n1c(=O)c2ccccc2n(CC(N)=O)c1=O. The summed E-state index contributed by atoms with van der Waals surface area (Å²) in [5.74, 6) is -0.301. The molecule has 7 heteroatoms. The second-order valence-electron chi connectivity index (χ2n) is 5.16. The van der Waals surface area contributed by atoms with Gasteiger partial charge in [-0.05, 0) is 24.3 Å². The van der Waals surface area contributed by atoms with Crippen molar-refractivity contribution in [2.45, 2.75) is 6.54 Å². The van der Waals surface area contributed by atoms with Crippen LogP contribution < -0.4 is 21.7 Å². The molecule has 2 aromatic carbocycles. The molecule has 0 unspecified atom stereocenters. The van der Waals surface area contributed by atoms with E-state index in [0.717, 1.165) is 4.57 Å². The topological polar surface area (TPSA) is 96.3 Å². The monoisotopic (exact) mass is 325 g/mol. The molecule has 1 amide bonds. The highest BCUT2D eigenvalue weighted by atomic mass is 16.5. The van der Waals surface area contributed by atoms with E-state index in [2.05, 4.69) is 0 Å². The fourth-order valence-electron chi connectivity index (χ4n) is 2.66. The molecule has 0 aliphatic carbocycles. The molecule has 122 valence electrons. The van der Waals surface area contributed by atoms with Crippen molar-refractivity contribution < 1.29 is 9.53 Å². The van der Waals surface area contributed by atoms with Gasteiger partial charge in [-0.15, -0.1) is 0 Å². The number of benzene rings is 2. The van der Waals surface area contributed by atoms with Crippen molar-refractivity contribution in [3.63, 3.8) is 0 Å². The van der Waals surface area contributed by atoms with E-state index in [0.29, 0.717) is 22.3 Å². The number of hydrogen-bond acceptors (Lipinski definition) is 4. The van der Waals surface area contributed by atoms with Crippen LogP contribution in [0.1, 0.15) is 0 Å². The summed E-state index contributed by atoms with van der Waals surface area (Å²) in [5.41, 5.74) is 4.78. The fourth-order valence-corrected chi connectivity index (χ4v) is 2.66. The van der Waals surface area contributed by atoms with Crippen LogP contribution in [-0.4, -0.2) is 22.2 Å². The number of para-hydroxylation sites is 3. The lowest BCUT2D eigenvalue weighted by atomic mass is 10.2. The van der Waals surface area contributed by atoms with Crippen molar-refractivity contribution in [2.75, 3.05) is 7.11 Å². The second kappa shape index (κ2) is 6.04. The third kappa shape index (κ3) is 2.45. The lowest BCUT2D eigenvalue weighted by Gasteiger charge is -2.14. The Labute approximate surface area is 136 Å². The lowest BCUT2D eigenvalue weighted by Crippen LogP contribution is -2.41. The maximum atomic E-state index is 12.9. The molecule has 0 radical (unpaired) electrons. The smallest absolute Gasteiger partial charge is 0.336 e. The van der Waals surface area contributed by atoms with E-state index in [4.69, 9.17) is 10.5 Å². The van der Waals surface area contributed by atoms with Gasteiger partial charge in [-0.3, -0.25) is 14.2 Å². The quantitative estimate of drug-likeness (QED) is 0.761. The zero-order valence-corrected chi connectivity index (χ0v) is 12.9. The third-order valence-corrected chi connectivity index (χ3v) is 3.69. The summed E-state index contributed by atoms with van der Waals surface area (Å²) in [6, 6.07) is 13.3. The number of fused-ring (bicyclic) bond motifs is 1. The minimum absolute atomic E-state index is 0.305. The Hall–Kier alpha value is -3.35. The van der Waals surface area contributed by atoms with Crippen molar-refractivity contribution in [3.8, 4) is 11.4 Å². The Kier molecular flexibility index (Phi) is 3.91. The van der Waals surface area contributed by atoms with Crippen molar-refractivity contribution >= 4 is 16.8 Å². The molecule has 2 N–H and O–H groups in total. The molecular formula is C17H15N3O4. The molecule has 0 aliphatic heterocycles. The number of carbonyl (C=O) groups is 1. The van der Waals surface area contributed by atoms with Gasteiger partial charge in [0, 0.05) is 0 Å². The van der Waals surface area contributed by atoms with Crippen molar-refractivity contribution in [2.24, 2.45) is 5.73 Å². The van der Waals surface area contributed by atoms with E-state index >= 15 is 0 Å². The van der Waals surface area contributed by atoms with Crippen LogP contribution in [0.5, 0.6) is 5.75 Å². The predicted molar refractivity (Wildman–Crippen MR) is 89.6 cm³/mol. The Morgan fingerprint density at radius 2 is 1.75 bits per heavy atom. The number of carbonyl (C=O) groups excluding carboxylic acids is 1. The number of primary amides is 1. The normalized spacial score (nSPS) is 10.7. The number of nitrogens with two attached hydrogens (primary N) is 1. The molecule has 1 heterocycles. The molecule has 0 fully saturated rings. The van der Waals surface area contributed by atoms with Crippen molar-refractivity contribution in [3.05, 3.63) is 69.4 Å². The molecule has 0 saturated heterocycles. The number of nitrogens with zero attached hydrogens (tertiary/aromatic N) is 2. The largest absolute Gasteiger partial charge is 0.495 e. The molecule has 0 bridgehead atoms. The van der Waals surface area contributed by atoms with Crippen molar-refractivity contribution in [1.82, 2.24) is 9.13 Å². The number of ether oxygens (including phenoxy) is 1. The van der Waals surface area contributed by atoms with Crippen LogP contribution in [0.25, 0.3) is 16.6 Å². The zero-order chi connectivity index (χ0) is 17.3. The van der Waals surface area contributed by atoms with Gasteiger partial charge < -0.3 is 10.5 Å². The Morgan fingerprint density at radius 3 is 2.46 bits per heavy atom. The molecule has 0 aliphatic rings. The van der Waals surface area contributed by atoms with Crippen LogP contribution in [0.4, 0.5) is 0 Å². The first kappa shape index (κ1) is 15.5. The Bertz CT molecular complexity index is 1050. The fraction of sp³-hybridized carbons (Fsp3) is 0.118. The van der Waals surface area contributed by atoms with E-state index < -0.39 is 17.2 Å². The van der Waals surface area contributed by atoms with Gasteiger partial charge in [0.2, 0.25) is 5.91 Å². The lowest BCUT2D eigenvalue weighted by molar-refractivity contribution is -0.118. The van der Waals surface area contributed by atoms with Gasteiger partial charge in [-0.25, -0.2) is 9.36 Å². The van der Waals surface area contributed by atoms with Gasteiger partial charge >= 0.3 is 5.69 Å². The predicted octanol–water partition coefficient (Wildman–Crippen LogP) is 0.646. The van der Waals surface area contributed by atoms with E-state index in [1.165, 1.54) is 11.7 Å². The van der Waals surface area contributed by atoms with E-state index in [1.807, 2.05) is 0 Å². The number of rotatable bonds is 4.